The monoisotopic (exact) mass is 224 g/mol. The van der Waals surface area contributed by atoms with Gasteiger partial charge in [-0.05, 0) is 31.5 Å². The Labute approximate surface area is 94.8 Å². The molecule has 0 aromatic heterocycles. The first kappa shape index (κ1) is 11.2. The molecule has 88 valence electrons. The lowest BCUT2D eigenvalue weighted by atomic mass is 10.0. The lowest BCUT2D eigenvalue weighted by Gasteiger charge is -2.21. The number of nitrogens with two attached hydrogens (primary N) is 1. The second-order valence-corrected chi connectivity index (χ2v) is 4.29. The number of anilines is 2. The van der Waals surface area contributed by atoms with Crippen molar-refractivity contribution < 1.29 is 9.13 Å². The lowest BCUT2D eigenvalue weighted by Crippen LogP contribution is -2.26. The van der Waals surface area contributed by atoms with Crippen LogP contribution in [0.25, 0.3) is 0 Å². The van der Waals surface area contributed by atoms with Crippen LogP contribution >= 0.6 is 0 Å². The van der Waals surface area contributed by atoms with Gasteiger partial charge in [0.15, 0.2) is 0 Å². The Morgan fingerprint density at radius 2 is 2.38 bits per heavy atom. The Bertz CT molecular complexity index is 364. The lowest BCUT2D eigenvalue weighted by molar-refractivity contribution is 0.183. The summed E-state index contributed by atoms with van der Waals surface area (Å²) in [5.74, 6) is 0.203. The Hall–Kier alpha value is -1.29. The predicted molar refractivity (Wildman–Crippen MR) is 62.8 cm³/mol. The molecule has 4 heteroatoms. The highest BCUT2D eigenvalue weighted by molar-refractivity contribution is 5.66. The summed E-state index contributed by atoms with van der Waals surface area (Å²) in [6, 6.07) is 4.62. The SMILES string of the molecule is CC(Nc1cc(F)ccc1N)C1CCOC1. The molecule has 2 unspecified atom stereocenters. The van der Waals surface area contributed by atoms with Gasteiger partial charge in [0.05, 0.1) is 18.0 Å². The van der Waals surface area contributed by atoms with Crippen LogP contribution in [0, 0.1) is 11.7 Å². The van der Waals surface area contributed by atoms with Crippen molar-refractivity contribution in [1.29, 1.82) is 0 Å². The highest BCUT2D eigenvalue weighted by Crippen LogP contribution is 2.24. The molecule has 1 aliphatic heterocycles. The second kappa shape index (κ2) is 4.70. The minimum atomic E-state index is -0.272. The summed E-state index contributed by atoms with van der Waals surface area (Å²) in [7, 11) is 0. The first-order valence-electron chi connectivity index (χ1n) is 5.56. The first-order chi connectivity index (χ1) is 7.66. The Kier molecular flexibility index (Phi) is 3.29. The zero-order valence-electron chi connectivity index (χ0n) is 9.37. The summed E-state index contributed by atoms with van der Waals surface area (Å²) in [5.41, 5.74) is 7.02. The molecule has 1 fully saturated rings. The number of rotatable bonds is 3. The molecule has 2 rings (SSSR count). The quantitative estimate of drug-likeness (QED) is 0.774. The number of ether oxygens (including phenoxy) is 1. The molecule has 0 bridgehead atoms. The third-order valence-corrected chi connectivity index (χ3v) is 3.07. The number of hydrogen-bond donors (Lipinski definition) is 2. The van der Waals surface area contributed by atoms with Crippen LogP contribution in [0.1, 0.15) is 13.3 Å². The van der Waals surface area contributed by atoms with E-state index in [2.05, 4.69) is 12.2 Å². The van der Waals surface area contributed by atoms with Gasteiger partial charge in [0.2, 0.25) is 0 Å². The average molecular weight is 224 g/mol. The highest BCUT2D eigenvalue weighted by Gasteiger charge is 2.22. The molecule has 0 amide bonds. The van der Waals surface area contributed by atoms with E-state index >= 15 is 0 Å². The van der Waals surface area contributed by atoms with Gasteiger partial charge in [-0.25, -0.2) is 4.39 Å². The van der Waals surface area contributed by atoms with Crippen LogP contribution in [0.5, 0.6) is 0 Å². The highest BCUT2D eigenvalue weighted by atomic mass is 19.1. The second-order valence-electron chi connectivity index (χ2n) is 4.29. The molecule has 2 atom stereocenters. The number of benzene rings is 1. The van der Waals surface area contributed by atoms with E-state index in [0.717, 1.165) is 19.6 Å². The van der Waals surface area contributed by atoms with Gasteiger partial charge in [0.25, 0.3) is 0 Å². The number of nitrogens with one attached hydrogen (secondary N) is 1. The fraction of sp³-hybridized carbons (Fsp3) is 0.500. The molecule has 1 saturated heterocycles. The Morgan fingerprint density at radius 3 is 3.06 bits per heavy atom. The van der Waals surface area contributed by atoms with E-state index < -0.39 is 0 Å². The molecule has 0 saturated carbocycles. The van der Waals surface area contributed by atoms with Gasteiger partial charge in [0.1, 0.15) is 5.82 Å². The fourth-order valence-electron chi connectivity index (χ4n) is 1.96. The van der Waals surface area contributed by atoms with E-state index in [9.17, 15) is 4.39 Å². The maximum Gasteiger partial charge on any atom is 0.125 e. The Morgan fingerprint density at radius 1 is 1.56 bits per heavy atom. The summed E-state index contributed by atoms with van der Waals surface area (Å²) in [6.45, 7) is 3.66. The molecule has 1 heterocycles. The first-order valence-corrected chi connectivity index (χ1v) is 5.56. The van der Waals surface area contributed by atoms with Crippen molar-refractivity contribution in [2.24, 2.45) is 5.92 Å². The summed E-state index contributed by atoms with van der Waals surface area (Å²) < 4.78 is 18.4. The molecule has 1 aromatic carbocycles. The molecule has 0 radical (unpaired) electrons. The standard InChI is InChI=1S/C12H17FN2O/c1-8(9-4-5-16-7-9)15-12-6-10(13)2-3-11(12)14/h2-3,6,8-9,15H,4-5,7,14H2,1H3. The predicted octanol–water partition coefficient (Wildman–Crippen LogP) is 2.24. The average Bonchev–Trinajstić information content (AvgIpc) is 2.76. The van der Waals surface area contributed by atoms with Crippen LogP contribution in [0.4, 0.5) is 15.8 Å². The maximum absolute atomic E-state index is 13.1. The minimum Gasteiger partial charge on any atom is -0.397 e. The topological polar surface area (TPSA) is 47.3 Å². The molecule has 0 aliphatic carbocycles. The van der Waals surface area contributed by atoms with Crippen molar-refractivity contribution in [2.45, 2.75) is 19.4 Å². The van der Waals surface area contributed by atoms with E-state index in [1.807, 2.05) is 0 Å². The maximum atomic E-state index is 13.1. The molecule has 3 nitrogen and oxygen atoms in total. The fourth-order valence-corrected chi connectivity index (χ4v) is 1.96. The van der Waals surface area contributed by atoms with Gasteiger partial charge in [-0.2, -0.15) is 0 Å². The van der Waals surface area contributed by atoms with E-state index in [1.165, 1.54) is 12.1 Å². The molecule has 16 heavy (non-hydrogen) atoms. The number of nitrogen functional groups attached to an aromatic ring is 1. The van der Waals surface area contributed by atoms with Crippen LogP contribution in [-0.4, -0.2) is 19.3 Å². The van der Waals surface area contributed by atoms with Crippen molar-refractivity contribution in [1.82, 2.24) is 0 Å². The molecule has 0 spiro atoms. The molecular weight excluding hydrogens is 207 g/mol. The van der Waals surface area contributed by atoms with Crippen molar-refractivity contribution in [2.75, 3.05) is 24.3 Å². The van der Waals surface area contributed by atoms with Crippen molar-refractivity contribution in [3.8, 4) is 0 Å². The van der Waals surface area contributed by atoms with Gasteiger partial charge < -0.3 is 15.8 Å². The number of halogens is 1. The van der Waals surface area contributed by atoms with Crippen molar-refractivity contribution in [3.63, 3.8) is 0 Å². The zero-order valence-corrected chi connectivity index (χ0v) is 9.37. The van der Waals surface area contributed by atoms with Gasteiger partial charge in [-0.1, -0.05) is 0 Å². The zero-order chi connectivity index (χ0) is 11.5. The Balaban J connectivity index is 2.04. The van der Waals surface area contributed by atoms with Crippen LogP contribution in [-0.2, 0) is 4.74 Å². The van der Waals surface area contributed by atoms with Gasteiger partial charge in [0, 0.05) is 18.6 Å². The van der Waals surface area contributed by atoms with E-state index in [0.29, 0.717) is 17.3 Å². The van der Waals surface area contributed by atoms with Crippen LogP contribution in [0.15, 0.2) is 18.2 Å². The molecular formula is C12H17FN2O. The van der Waals surface area contributed by atoms with Crippen LogP contribution in [0.3, 0.4) is 0 Å². The number of hydrogen-bond acceptors (Lipinski definition) is 3. The summed E-state index contributed by atoms with van der Waals surface area (Å²) in [5, 5.41) is 3.25. The summed E-state index contributed by atoms with van der Waals surface area (Å²) in [6.07, 6.45) is 1.05. The van der Waals surface area contributed by atoms with Gasteiger partial charge in [-0.3, -0.25) is 0 Å². The van der Waals surface area contributed by atoms with Crippen LogP contribution in [0.2, 0.25) is 0 Å². The van der Waals surface area contributed by atoms with Gasteiger partial charge in [-0.15, -0.1) is 0 Å². The van der Waals surface area contributed by atoms with Crippen molar-refractivity contribution >= 4 is 11.4 Å². The molecule has 1 aliphatic rings. The smallest absolute Gasteiger partial charge is 0.125 e. The normalized spacial score (nSPS) is 22.0. The van der Waals surface area contributed by atoms with Crippen LogP contribution < -0.4 is 11.1 Å². The summed E-state index contributed by atoms with van der Waals surface area (Å²) in [4.78, 5) is 0. The third kappa shape index (κ3) is 2.44. The molecule has 1 aromatic rings. The molecule has 3 N–H and O–H groups in total. The van der Waals surface area contributed by atoms with E-state index in [-0.39, 0.29) is 11.9 Å². The summed E-state index contributed by atoms with van der Waals surface area (Å²) >= 11 is 0. The van der Waals surface area contributed by atoms with E-state index in [4.69, 9.17) is 10.5 Å². The van der Waals surface area contributed by atoms with E-state index in [1.54, 1.807) is 6.07 Å². The van der Waals surface area contributed by atoms with Crippen molar-refractivity contribution in [3.05, 3.63) is 24.0 Å². The third-order valence-electron chi connectivity index (χ3n) is 3.07. The largest absolute Gasteiger partial charge is 0.397 e. The van der Waals surface area contributed by atoms with Gasteiger partial charge >= 0.3 is 0 Å². The minimum absolute atomic E-state index is 0.242.